The van der Waals surface area contributed by atoms with Crippen molar-refractivity contribution in [2.24, 2.45) is 0 Å². The number of aliphatic hydroxyl groups is 11. The zero-order valence-corrected chi connectivity index (χ0v) is 66.5. The molecule has 3 rings (SSSR count). The van der Waals surface area contributed by atoms with Gasteiger partial charge in [0.1, 0.15) is 67.1 Å². The van der Waals surface area contributed by atoms with Crippen LogP contribution in [0, 0.1) is 0 Å². The molecule has 0 aromatic rings. The Kier molecular flexibility index (Phi) is 57.2. The van der Waals surface area contributed by atoms with Crippen molar-refractivity contribution in [1.29, 1.82) is 0 Å². The molecule has 3 fully saturated rings. The van der Waals surface area contributed by atoms with Gasteiger partial charge in [-0.1, -0.05) is 307 Å². The predicted octanol–water partition coefficient (Wildman–Crippen LogP) is 12.5. The highest BCUT2D eigenvalue weighted by Gasteiger charge is 2.60. The SMILES string of the molecule is CCCCCCCCCCC/C=C\C/C=C\CCCCCCCCCCCCCCCCCCCC(=O)NC(COC1OC(CO)C(OC2OC(CO)C(O)C(OC3(C(=O)O)CC(O)C(NC(C)=O)C(C(O)C(O)CO)O3)C2O)C(O)C1O)C(O)/C=C/CCCCCCCCCCCCCCCCCCCC. The summed E-state index contributed by atoms with van der Waals surface area (Å²) in [5, 5.41) is 137. The van der Waals surface area contributed by atoms with Gasteiger partial charge in [0.05, 0.1) is 50.7 Å². The molecule has 0 aromatic carbocycles. The molecule has 23 nitrogen and oxygen atoms in total. The first-order chi connectivity index (χ1) is 51.9. The maximum atomic E-state index is 13.6. The molecular formula is C84H154N2O21. The predicted molar refractivity (Wildman–Crippen MR) is 417 cm³/mol. The van der Waals surface area contributed by atoms with Crippen molar-refractivity contribution in [3.8, 4) is 0 Å². The van der Waals surface area contributed by atoms with Gasteiger partial charge < -0.3 is 100 Å². The first-order valence-electron chi connectivity index (χ1n) is 42.9. The van der Waals surface area contributed by atoms with Crippen LogP contribution in [-0.4, -0.2) is 215 Å². The minimum absolute atomic E-state index is 0.202. The number of carbonyl (C=O) groups is 3. The molecule has 0 aliphatic carbocycles. The van der Waals surface area contributed by atoms with E-state index in [9.17, 15) is 75.7 Å². The molecule has 18 atom stereocenters. The number of hydrogen-bond donors (Lipinski definition) is 14. The minimum atomic E-state index is -3.08. The van der Waals surface area contributed by atoms with Crippen molar-refractivity contribution < 1.29 is 104 Å². The molecule has 0 radical (unpaired) electrons. The molecule has 0 saturated carbocycles. The van der Waals surface area contributed by atoms with E-state index in [1.165, 1.54) is 244 Å². The Bertz CT molecular complexity index is 2270. The highest BCUT2D eigenvalue weighted by atomic mass is 16.8. The summed E-state index contributed by atoms with van der Waals surface area (Å²) in [5.41, 5.74) is 0. The molecule has 2 amide bonds. The number of aliphatic hydroxyl groups excluding tert-OH is 11. The second-order valence-electron chi connectivity index (χ2n) is 31.0. The van der Waals surface area contributed by atoms with Crippen LogP contribution < -0.4 is 10.6 Å². The van der Waals surface area contributed by atoms with Crippen molar-refractivity contribution in [1.82, 2.24) is 10.6 Å². The summed E-state index contributed by atoms with van der Waals surface area (Å²) in [6.45, 7) is 2.19. The van der Waals surface area contributed by atoms with Gasteiger partial charge in [0, 0.05) is 19.8 Å². The van der Waals surface area contributed by atoms with E-state index in [2.05, 4.69) is 48.8 Å². The van der Waals surface area contributed by atoms with Gasteiger partial charge in [0.25, 0.3) is 5.79 Å². The van der Waals surface area contributed by atoms with Crippen LogP contribution in [-0.2, 0) is 42.8 Å². The van der Waals surface area contributed by atoms with E-state index in [4.69, 9.17) is 28.4 Å². The van der Waals surface area contributed by atoms with E-state index in [-0.39, 0.29) is 12.3 Å². The number of rotatable bonds is 68. The molecule has 0 bridgehead atoms. The van der Waals surface area contributed by atoms with Crippen molar-refractivity contribution in [3.63, 3.8) is 0 Å². The Balaban J connectivity index is 1.47. The fraction of sp³-hybridized carbons (Fsp3) is 0.893. The Labute approximate surface area is 644 Å². The van der Waals surface area contributed by atoms with Crippen LogP contribution in [0.5, 0.6) is 0 Å². The lowest BCUT2D eigenvalue weighted by molar-refractivity contribution is -0.386. The molecule has 3 saturated heterocycles. The Morgan fingerprint density at radius 1 is 0.495 bits per heavy atom. The number of allylic oxidation sites excluding steroid dienone is 5. The van der Waals surface area contributed by atoms with Crippen molar-refractivity contribution >= 4 is 17.8 Å². The summed E-state index contributed by atoms with van der Waals surface area (Å²) in [5.74, 6) is -6.14. The van der Waals surface area contributed by atoms with Crippen LogP contribution in [0.25, 0.3) is 0 Å². The van der Waals surface area contributed by atoms with Gasteiger partial charge in [-0.2, -0.15) is 0 Å². The van der Waals surface area contributed by atoms with Gasteiger partial charge in [-0.15, -0.1) is 0 Å². The number of aliphatic carboxylic acids is 1. The average molecular weight is 1530 g/mol. The van der Waals surface area contributed by atoms with Crippen molar-refractivity contribution in [2.75, 3.05) is 26.4 Å². The normalized spacial score (nSPS) is 26.1. The molecule has 3 heterocycles. The third-order valence-corrected chi connectivity index (χ3v) is 21.6. The zero-order valence-electron chi connectivity index (χ0n) is 66.5. The van der Waals surface area contributed by atoms with Gasteiger partial charge in [0.2, 0.25) is 11.8 Å². The van der Waals surface area contributed by atoms with Crippen LogP contribution >= 0.6 is 0 Å². The number of ether oxygens (including phenoxy) is 6. The first-order valence-corrected chi connectivity index (χ1v) is 42.9. The molecule has 3 aliphatic rings. The summed E-state index contributed by atoms with van der Waals surface area (Å²) in [6.07, 6.45) is 43.3. The Morgan fingerprint density at radius 3 is 1.32 bits per heavy atom. The van der Waals surface area contributed by atoms with Gasteiger partial charge in [0.15, 0.2) is 12.6 Å². The molecule has 23 heteroatoms. The first kappa shape index (κ1) is 98.1. The highest BCUT2D eigenvalue weighted by Crippen LogP contribution is 2.39. The van der Waals surface area contributed by atoms with E-state index in [1.54, 1.807) is 6.08 Å². The summed E-state index contributed by atoms with van der Waals surface area (Å²) in [6, 6.07) is -2.62. The number of nitrogens with one attached hydrogen (secondary N) is 2. The molecule has 18 unspecified atom stereocenters. The smallest absolute Gasteiger partial charge is 0.364 e. The highest BCUT2D eigenvalue weighted by molar-refractivity contribution is 5.77. The quantitative estimate of drug-likeness (QED) is 0.0199. The Hall–Kier alpha value is -3.05. The van der Waals surface area contributed by atoms with Gasteiger partial charge in [-0.05, 0) is 51.4 Å². The van der Waals surface area contributed by atoms with Crippen LogP contribution in [0.2, 0.25) is 0 Å². The van der Waals surface area contributed by atoms with Crippen LogP contribution in [0.4, 0.5) is 0 Å². The summed E-state index contributed by atoms with van der Waals surface area (Å²) < 4.78 is 34.9. The second-order valence-corrected chi connectivity index (χ2v) is 31.0. The van der Waals surface area contributed by atoms with Gasteiger partial charge >= 0.3 is 5.97 Å². The van der Waals surface area contributed by atoms with E-state index < -0.39 is 155 Å². The Morgan fingerprint density at radius 2 is 0.907 bits per heavy atom. The zero-order chi connectivity index (χ0) is 78.1. The third kappa shape index (κ3) is 42.1. The summed E-state index contributed by atoms with van der Waals surface area (Å²) in [4.78, 5) is 38.7. The van der Waals surface area contributed by atoms with Crippen LogP contribution in [0.15, 0.2) is 36.5 Å². The van der Waals surface area contributed by atoms with Gasteiger partial charge in [-0.3, -0.25) is 9.59 Å². The molecular weight excluding hydrogens is 1370 g/mol. The monoisotopic (exact) mass is 1530 g/mol. The number of hydrogen-bond acceptors (Lipinski definition) is 20. The van der Waals surface area contributed by atoms with E-state index in [1.807, 2.05) is 6.08 Å². The number of carboxylic acid groups (broad SMARTS) is 1. The molecule has 14 N–H and O–H groups in total. The average Bonchev–Trinajstić information content (AvgIpc) is 0.753. The van der Waals surface area contributed by atoms with Crippen molar-refractivity contribution in [3.05, 3.63) is 36.5 Å². The third-order valence-electron chi connectivity index (χ3n) is 21.6. The second kappa shape index (κ2) is 62.4. The fourth-order valence-electron chi connectivity index (χ4n) is 14.8. The lowest BCUT2D eigenvalue weighted by atomic mass is 9.88. The van der Waals surface area contributed by atoms with Crippen LogP contribution in [0.1, 0.15) is 342 Å². The number of amides is 2. The topological polar surface area (TPSA) is 373 Å². The maximum absolute atomic E-state index is 13.6. The molecule has 0 spiro atoms. The van der Waals surface area contributed by atoms with Crippen molar-refractivity contribution in [2.45, 2.75) is 452 Å². The van der Waals surface area contributed by atoms with E-state index in [0.29, 0.717) is 12.8 Å². The fourth-order valence-corrected chi connectivity index (χ4v) is 14.8. The van der Waals surface area contributed by atoms with Crippen LogP contribution in [0.3, 0.4) is 0 Å². The summed E-state index contributed by atoms with van der Waals surface area (Å²) >= 11 is 0. The minimum Gasteiger partial charge on any atom is -0.477 e. The molecule has 3 aliphatic heterocycles. The molecule has 626 valence electrons. The number of carboxylic acids is 1. The van der Waals surface area contributed by atoms with E-state index in [0.717, 1.165) is 58.3 Å². The number of carbonyl (C=O) groups excluding carboxylic acids is 2. The lowest BCUT2D eigenvalue weighted by Gasteiger charge is -2.50. The number of unbranched alkanes of at least 4 members (excludes halogenated alkanes) is 44. The lowest BCUT2D eigenvalue weighted by Crippen LogP contribution is -2.70. The van der Waals surface area contributed by atoms with Gasteiger partial charge in [-0.25, -0.2) is 4.79 Å². The maximum Gasteiger partial charge on any atom is 0.364 e. The molecule has 0 aromatic heterocycles. The summed E-state index contributed by atoms with van der Waals surface area (Å²) in [7, 11) is 0. The largest absolute Gasteiger partial charge is 0.477 e. The molecule has 107 heavy (non-hydrogen) atoms. The van der Waals surface area contributed by atoms with E-state index >= 15 is 0 Å². The standard InChI is InChI=1S/C84H154N2O21/c1-4-6-8-10-12-14-16-18-20-22-24-26-27-28-29-30-31-32-33-34-35-36-37-38-40-42-44-46-48-50-52-54-56-58-71(94)86-65(66(91)57-55-53-51-49-47-45-43-41-39-25-23-21-19-17-15-13-11-9-7-5-2)63-102-81-76(98)75(97)78(70(62-89)104-81)105-82-77(99)80(74(96)69(61-88)103-82)107-84(83(100)101)59-67(92)72(85-64(3)90)79(106-84)73(95)68(93)60-87/h24,26,28-29,55,57,65-70,72-82,87-89,91-93,95-99H,4-23,25,27,30-54,56,58-63H2,1-3H3,(H,85,90)(H,86,94)(H,100,101)/b26-24-,29-28-,57-55+.